The van der Waals surface area contributed by atoms with Crippen LogP contribution in [0.5, 0.6) is 0 Å². The molecular weight excluding hydrogens is 188 g/mol. The summed E-state index contributed by atoms with van der Waals surface area (Å²) in [7, 11) is 1.75. The summed E-state index contributed by atoms with van der Waals surface area (Å²) in [6.07, 6.45) is 8.49. The summed E-state index contributed by atoms with van der Waals surface area (Å²) in [5, 5.41) is 10.6. The molecule has 0 spiro atoms. The van der Waals surface area contributed by atoms with Crippen molar-refractivity contribution in [1.82, 2.24) is 0 Å². The molecule has 0 aromatic carbocycles. The van der Waals surface area contributed by atoms with E-state index in [-0.39, 0.29) is 5.60 Å². The second-order valence-electron chi connectivity index (χ2n) is 5.43. The van der Waals surface area contributed by atoms with Crippen molar-refractivity contribution in [3.63, 3.8) is 0 Å². The number of hydrogen-bond donors (Lipinski definition) is 1. The number of aliphatic hydroxyl groups is 1. The van der Waals surface area contributed by atoms with E-state index in [2.05, 4.69) is 6.92 Å². The van der Waals surface area contributed by atoms with Gasteiger partial charge in [-0.25, -0.2) is 0 Å². The third-order valence-corrected chi connectivity index (χ3v) is 4.62. The second kappa shape index (κ2) is 4.42. The number of hydrogen-bond acceptors (Lipinski definition) is 2. The van der Waals surface area contributed by atoms with Gasteiger partial charge in [0.15, 0.2) is 0 Å². The normalized spacial score (nSPS) is 46.2. The van der Waals surface area contributed by atoms with Gasteiger partial charge in [0.05, 0.1) is 11.7 Å². The lowest BCUT2D eigenvalue weighted by Crippen LogP contribution is -2.55. The Hall–Kier alpha value is -0.0800. The average Bonchev–Trinajstić information content (AvgIpc) is 2.24. The van der Waals surface area contributed by atoms with Crippen molar-refractivity contribution < 1.29 is 9.84 Å². The van der Waals surface area contributed by atoms with E-state index in [1.54, 1.807) is 7.11 Å². The first-order chi connectivity index (χ1) is 7.19. The predicted molar refractivity (Wildman–Crippen MR) is 60.7 cm³/mol. The molecule has 2 aliphatic carbocycles. The topological polar surface area (TPSA) is 29.5 Å². The van der Waals surface area contributed by atoms with Gasteiger partial charge in [-0.3, -0.25) is 0 Å². The maximum absolute atomic E-state index is 10.6. The maximum Gasteiger partial charge on any atom is 0.0727 e. The zero-order chi connectivity index (χ0) is 10.9. The molecule has 0 saturated heterocycles. The molecule has 0 bridgehead atoms. The summed E-state index contributed by atoms with van der Waals surface area (Å²) in [5.74, 6) is 1.30. The highest BCUT2D eigenvalue weighted by Crippen LogP contribution is 2.48. The van der Waals surface area contributed by atoms with E-state index in [1.807, 2.05) is 0 Å². The van der Waals surface area contributed by atoms with Crippen molar-refractivity contribution in [2.24, 2.45) is 11.8 Å². The van der Waals surface area contributed by atoms with Crippen molar-refractivity contribution >= 4 is 0 Å². The van der Waals surface area contributed by atoms with E-state index < -0.39 is 0 Å². The van der Waals surface area contributed by atoms with E-state index in [9.17, 15) is 5.11 Å². The zero-order valence-corrected chi connectivity index (χ0v) is 10.0. The quantitative estimate of drug-likeness (QED) is 0.779. The number of rotatable bonds is 3. The molecule has 88 valence electrons. The lowest BCUT2D eigenvalue weighted by molar-refractivity contribution is -0.176. The molecule has 0 radical (unpaired) electrons. The fraction of sp³-hybridized carbons (Fsp3) is 1.00. The Bertz CT molecular complexity index is 209. The van der Waals surface area contributed by atoms with Crippen molar-refractivity contribution in [3.8, 4) is 0 Å². The van der Waals surface area contributed by atoms with Crippen molar-refractivity contribution in [2.45, 2.75) is 63.6 Å². The lowest BCUT2D eigenvalue weighted by Gasteiger charge is -2.51. The summed E-state index contributed by atoms with van der Waals surface area (Å²) in [6, 6.07) is 0. The van der Waals surface area contributed by atoms with Crippen LogP contribution in [0.1, 0.15) is 51.9 Å². The fourth-order valence-electron chi connectivity index (χ4n) is 3.60. The lowest BCUT2D eigenvalue weighted by atomic mass is 9.60. The first-order valence-electron chi connectivity index (χ1n) is 6.45. The van der Waals surface area contributed by atoms with E-state index >= 15 is 0 Å². The Morgan fingerprint density at radius 3 is 2.53 bits per heavy atom. The molecule has 2 rings (SSSR count). The van der Waals surface area contributed by atoms with E-state index in [0.29, 0.717) is 12.0 Å². The van der Waals surface area contributed by atoms with Crippen LogP contribution in [0.25, 0.3) is 0 Å². The Morgan fingerprint density at radius 2 is 1.93 bits per heavy atom. The van der Waals surface area contributed by atoms with E-state index in [1.165, 1.54) is 32.1 Å². The van der Waals surface area contributed by atoms with Gasteiger partial charge in [-0.05, 0) is 18.3 Å². The molecule has 15 heavy (non-hydrogen) atoms. The molecule has 2 atom stereocenters. The molecule has 0 aromatic heterocycles. The molecule has 0 aromatic rings. The molecule has 2 saturated carbocycles. The molecule has 2 nitrogen and oxygen atoms in total. The Kier molecular flexibility index (Phi) is 3.36. The summed E-state index contributed by atoms with van der Waals surface area (Å²) in [5.41, 5.74) is -0.387. The Morgan fingerprint density at radius 1 is 1.27 bits per heavy atom. The van der Waals surface area contributed by atoms with Crippen molar-refractivity contribution in [2.75, 3.05) is 7.11 Å². The van der Waals surface area contributed by atoms with Crippen LogP contribution in [0.15, 0.2) is 0 Å². The van der Waals surface area contributed by atoms with Gasteiger partial charge in [-0.15, -0.1) is 0 Å². The smallest absolute Gasteiger partial charge is 0.0727 e. The first kappa shape index (κ1) is 11.4. The molecule has 1 N–H and O–H groups in total. The number of methoxy groups -OCH3 is 1. The maximum atomic E-state index is 10.6. The Balaban J connectivity index is 1.96. The molecular formula is C13H24O2. The molecule has 2 unspecified atom stereocenters. The highest BCUT2D eigenvalue weighted by atomic mass is 16.5. The number of ether oxygens (including phenoxy) is 1. The molecule has 2 heteroatoms. The standard InChI is InChI=1S/C13H24O2/c1-3-10-6-4-5-7-12(10)13(14)8-11(9-13)15-2/h10-12,14H,3-9H2,1-2H3. The monoisotopic (exact) mass is 212 g/mol. The molecule has 0 amide bonds. The molecule has 0 heterocycles. The van der Waals surface area contributed by atoms with Crippen LogP contribution in [0, 0.1) is 11.8 Å². The summed E-state index contributed by atoms with van der Waals surface area (Å²) in [4.78, 5) is 0. The van der Waals surface area contributed by atoms with Gasteiger partial charge in [0, 0.05) is 20.0 Å². The van der Waals surface area contributed by atoms with Gasteiger partial charge in [0.1, 0.15) is 0 Å². The van der Waals surface area contributed by atoms with Gasteiger partial charge < -0.3 is 9.84 Å². The minimum absolute atomic E-state index is 0.314. The predicted octanol–water partition coefficient (Wildman–Crippen LogP) is 2.74. The van der Waals surface area contributed by atoms with Crippen LogP contribution in [-0.2, 0) is 4.74 Å². The van der Waals surface area contributed by atoms with E-state index in [0.717, 1.165) is 18.8 Å². The van der Waals surface area contributed by atoms with Crippen LogP contribution in [-0.4, -0.2) is 23.9 Å². The van der Waals surface area contributed by atoms with Gasteiger partial charge >= 0.3 is 0 Å². The van der Waals surface area contributed by atoms with Crippen LogP contribution < -0.4 is 0 Å². The largest absolute Gasteiger partial charge is 0.389 e. The van der Waals surface area contributed by atoms with Gasteiger partial charge in [0.2, 0.25) is 0 Å². The fourth-order valence-corrected chi connectivity index (χ4v) is 3.60. The van der Waals surface area contributed by atoms with Crippen LogP contribution >= 0.6 is 0 Å². The molecule has 2 aliphatic rings. The summed E-state index contributed by atoms with van der Waals surface area (Å²) in [6.45, 7) is 2.26. The highest BCUT2D eigenvalue weighted by molar-refractivity contribution is 5.02. The third-order valence-electron chi connectivity index (χ3n) is 4.62. The summed E-state index contributed by atoms with van der Waals surface area (Å²) >= 11 is 0. The van der Waals surface area contributed by atoms with Crippen LogP contribution in [0.4, 0.5) is 0 Å². The van der Waals surface area contributed by atoms with Crippen molar-refractivity contribution in [1.29, 1.82) is 0 Å². The third kappa shape index (κ3) is 2.07. The van der Waals surface area contributed by atoms with Gasteiger partial charge in [-0.1, -0.05) is 32.6 Å². The Labute approximate surface area is 93.0 Å². The average molecular weight is 212 g/mol. The second-order valence-corrected chi connectivity index (χ2v) is 5.43. The van der Waals surface area contributed by atoms with E-state index in [4.69, 9.17) is 4.74 Å². The zero-order valence-electron chi connectivity index (χ0n) is 10.0. The molecule has 0 aliphatic heterocycles. The van der Waals surface area contributed by atoms with Crippen LogP contribution in [0.3, 0.4) is 0 Å². The van der Waals surface area contributed by atoms with Gasteiger partial charge in [-0.2, -0.15) is 0 Å². The van der Waals surface area contributed by atoms with Gasteiger partial charge in [0.25, 0.3) is 0 Å². The first-order valence-corrected chi connectivity index (χ1v) is 6.45. The van der Waals surface area contributed by atoms with Crippen molar-refractivity contribution in [3.05, 3.63) is 0 Å². The minimum Gasteiger partial charge on any atom is -0.389 e. The SMILES string of the molecule is CCC1CCCCC1C1(O)CC(OC)C1. The molecule has 2 fully saturated rings. The summed E-state index contributed by atoms with van der Waals surface area (Å²) < 4.78 is 5.28. The highest BCUT2D eigenvalue weighted by Gasteiger charge is 2.50. The van der Waals surface area contributed by atoms with Crippen LogP contribution in [0.2, 0.25) is 0 Å². The minimum atomic E-state index is -0.387.